The van der Waals surface area contributed by atoms with Crippen molar-refractivity contribution in [1.82, 2.24) is 10.2 Å². The molecular formula is C8H16N2O5. The van der Waals surface area contributed by atoms with Crippen LogP contribution in [-0.4, -0.2) is 64.6 Å². The second-order valence-corrected chi connectivity index (χ2v) is 3.15. The van der Waals surface area contributed by atoms with Gasteiger partial charge in [0.05, 0.1) is 12.7 Å². The number of urea groups is 1. The van der Waals surface area contributed by atoms with E-state index in [-0.39, 0.29) is 13.2 Å². The van der Waals surface area contributed by atoms with Crippen LogP contribution in [0.4, 0.5) is 4.79 Å². The molecule has 2 unspecified atom stereocenters. The molecule has 2 amide bonds. The summed E-state index contributed by atoms with van der Waals surface area (Å²) in [5.74, 6) is -1.31. The Morgan fingerprint density at radius 3 is 2.33 bits per heavy atom. The van der Waals surface area contributed by atoms with E-state index in [1.54, 1.807) is 0 Å². The van der Waals surface area contributed by atoms with Gasteiger partial charge in [-0.2, -0.15) is 0 Å². The smallest absolute Gasteiger partial charge is 0.328 e. The van der Waals surface area contributed by atoms with Crippen LogP contribution in [0.2, 0.25) is 0 Å². The molecule has 0 heterocycles. The number of carboxylic acid groups (broad SMARTS) is 1. The first kappa shape index (κ1) is 13.7. The summed E-state index contributed by atoms with van der Waals surface area (Å²) in [6.45, 7) is 1.15. The molecule has 0 spiro atoms. The van der Waals surface area contributed by atoms with Crippen molar-refractivity contribution in [1.29, 1.82) is 0 Å². The summed E-state index contributed by atoms with van der Waals surface area (Å²) < 4.78 is 0. The molecule has 88 valence electrons. The van der Waals surface area contributed by atoms with Crippen molar-refractivity contribution >= 4 is 12.0 Å². The van der Waals surface area contributed by atoms with Crippen molar-refractivity contribution in [3.05, 3.63) is 0 Å². The maximum absolute atomic E-state index is 11.3. The number of carbonyl (C=O) groups is 2. The monoisotopic (exact) mass is 220 g/mol. The molecule has 0 aromatic rings. The standard InChI is InChI=1S/C8H16N2O5/c1-5(12)6(7(13)14)9-8(15)10(2)3-4-11/h5-6,11-12H,3-4H2,1-2H3,(H,9,15)(H,13,14). The molecule has 0 aromatic carbocycles. The third-order valence-corrected chi connectivity index (χ3v) is 1.81. The summed E-state index contributed by atoms with van der Waals surface area (Å²) in [4.78, 5) is 23.0. The van der Waals surface area contributed by atoms with E-state index in [1.807, 2.05) is 0 Å². The van der Waals surface area contributed by atoms with Gasteiger partial charge >= 0.3 is 12.0 Å². The third-order valence-electron chi connectivity index (χ3n) is 1.81. The number of amides is 2. The van der Waals surface area contributed by atoms with Gasteiger partial charge in [-0.05, 0) is 6.92 Å². The fourth-order valence-corrected chi connectivity index (χ4v) is 0.883. The molecule has 0 saturated carbocycles. The van der Waals surface area contributed by atoms with E-state index in [9.17, 15) is 9.59 Å². The van der Waals surface area contributed by atoms with Crippen LogP contribution in [0.5, 0.6) is 0 Å². The maximum Gasteiger partial charge on any atom is 0.328 e. The molecule has 7 nitrogen and oxygen atoms in total. The van der Waals surface area contributed by atoms with Crippen molar-refractivity contribution in [2.75, 3.05) is 20.2 Å². The lowest BCUT2D eigenvalue weighted by Gasteiger charge is -2.22. The summed E-state index contributed by atoms with van der Waals surface area (Å²) in [6, 6.07) is -2.00. The highest BCUT2D eigenvalue weighted by Crippen LogP contribution is 1.95. The molecule has 15 heavy (non-hydrogen) atoms. The predicted molar refractivity (Wildman–Crippen MR) is 51.4 cm³/mol. The first-order valence-electron chi connectivity index (χ1n) is 4.43. The molecule has 0 aliphatic heterocycles. The molecule has 0 radical (unpaired) electrons. The van der Waals surface area contributed by atoms with E-state index in [4.69, 9.17) is 15.3 Å². The molecule has 0 rings (SSSR count). The highest BCUT2D eigenvalue weighted by Gasteiger charge is 2.25. The van der Waals surface area contributed by atoms with E-state index in [1.165, 1.54) is 14.0 Å². The van der Waals surface area contributed by atoms with Crippen LogP contribution in [0, 0.1) is 0 Å². The Morgan fingerprint density at radius 1 is 1.47 bits per heavy atom. The SMILES string of the molecule is CC(O)C(NC(=O)N(C)CCO)C(=O)O. The van der Waals surface area contributed by atoms with Crippen LogP contribution < -0.4 is 5.32 Å². The van der Waals surface area contributed by atoms with Gasteiger partial charge < -0.3 is 25.5 Å². The summed E-state index contributed by atoms with van der Waals surface area (Å²) in [5, 5.41) is 28.4. The second-order valence-electron chi connectivity index (χ2n) is 3.15. The van der Waals surface area contributed by atoms with Gasteiger partial charge in [-0.3, -0.25) is 0 Å². The van der Waals surface area contributed by atoms with Gasteiger partial charge in [-0.25, -0.2) is 9.59 Å². The Hall–Kier alpha value is -1.34. The summed E-state index contributed by atoms with van der Waals surface area (Å²) in [6.07, 6.45) is -1.19. The fraction of sp³-hybridized carbons (Fsp3) is 0.750. The molecule has 0 saturated heterocycles. The van der Waals surface area contributed by atoms with Gasteiger partial charge in [0, 0.05) is 13.6 Å². The van der Waals surface area contributed by atoms with Gasteiger partial charge in [0.2, 0.25) is 0 Å². The highest BCUT2D eigenvalue weighted by molar-refractivity contribution is 5.82. The summed E-state index contributed by atoms with van der Waals surface area (Å²) in [7, 11) is 1.41. The number of hydrogen-bond acceptors (Lipinski definition) is 4. The van der Waals surface area contributed by atoms with Crippen LogP contribution in [0.15, 0.2) is 0 Å². The number of likely N-dealkylation sites (N-methyl/N-ethyl adjacent to an activating group) is 1. The molecule has 7 heteroatoms. The number of carboxylic acids is 1. The topological polar surface area (TPSA) is 110 Å². The molecular weight excluding hydrogens is 204 g/mol. The Kier molecular flexibility index (Phi) is 5.65. The number of aliphatic hydroxyl groups excluding tert-OH is 2. The van der Waals surface area contributed by atoms with E-state index >= 15 is 0 Å². The first-order valence-corrected chi connectivity index (χ1v) is 4.43. The van der Waals surface area contributed by atoms with Crippen LogP contribution >= 0.6 is 0 Å². The van der Waals surface area contributed by atoms with E-state index in [0.29, 0.717) is 0 Å². The molecule has 0 fully saturated rings. The second kappa shape index (κ2) is 6.20. The zero-order chi connectivity index (χ0) is 12.0. The first-order chi connectivity index (χ1) is 6.90. The molecule has 0 aromatic heterocycles. The highest BCUT2D eigenvalue weighted by atomic mass is 16.4. The molecule has 4 N–H and O–H groups in total. The Morgan fingerprint density at radius 2 is 2.00 bits per heavy atom. The Bertz CT molecular complexity index is 231. The zero-order valence-electron chi connectivity index (χ0n) is 8.67. The van der Waals surface area contributed by atoms with Gasteiger partial charge in [0.15, 0.2) is 6.04 Å². The third kappa shape index (κ3) is 4.61. The number of aliphatic carboxylic acids is 1. The number of rotatable bonds is 5. The van der Waals surface area contributed by atoms with Crippen molar-refractivity contribution in [3.63, 3.8) is 0 Å². The van der Waals surface area contributed by atoms with Gasteiger partial charge in [-0.15, -0.1) is 0 Å². The predicted octanol–water partition coefficient (Wildman–Crippen LogP) is -1.55. The van der Waals surface area contributed by atoms with Gasteiger partial charge in [0.25, 0.3) is 0 Å². The van der Waals surface area contributed by atoms with Crippen molar-refractivity contribution < 1.29 is 24.9 Å². The quantitative estimate of drug-likeness (QED) is 0.448. The van der Waals surface area contributed by atoms with E-state index in [0.717, 1.165) is 4.90 Å². The zero-order valence-corrected chi connectivity index (χ0v) is 8.67. The largest absolute Gasteiger partial charge is 0.480 e. The Balaban J connectivity index is 4.29. The minimum atomic E-state index is -1.35. The van der Waals surface area contributed by atoms with Crippen molar-refractivity contribution in [3.8, 4) is 0 Å². The normalized spacial score (nSPS) is 14.1. The van der Waals surface area contributed by atoms with Crippen molar-refractivity contribution in [2.24, 2.45) is 0 Å². The van der Waals surface area contributed by atoms with Crippen LogP contribution in [0.25, 0.3) is 0 Å². The van der Waals surface area contributed by atoms with E-state index in [2.05, 4.69) is 5.32 Å². The number of carbonyl (C=O) groups excluding carboxylic acids is 1. The number of nitrogens with one attached hydrogen (secondary N) is 1. The van der Waals surface area contributed by atoms with Crippen LogP contribution in [-0.2, 0) is 4.79 Å². The minimum Gasteiger partial charge on any atom is -0.480 e. The van der Waals surface area contributed by atoms with Crippen LogP contribution in [0.1, 0.15) is 6.92 Å². The average molecular weight is 220 g/mol. The molecule has 0 aliphatic carbocycles. The number of hydrogen-bond donors (Lipinski definition) is 4. The number of aliphatic hydroxyl groups is 2. The summed E-state index contributed by atoms with van der Waals surface area (Å²) in [5.41, 5.74) is 0. The van der Waals surface area contributed by atoms with Crippen LogP contribution in [0.3, 0.4) is 0 Å². The van der Waals surface area contributed by atoms with Crippen molar-refractivity contribution in [2.45, 2.75) is 19.1 Å². The molecule has 0 aliphatic rings. The fourth-order valence-electron chi connectivity index (χ4n) is 0.883. The molecule has 0 bridgehead atoms. The maximum atomic E-state index is 11.3. The van der Waals surface area contributed by atoms with Gasteiger partial charge in [-0.1, -0.05) is 0 Å². The van der Waals surface area contributed by atoms with Gasteiger partial charge in [0.1, 0.15) is 0 Å². The Labute approximate surface area is 87.3 Å². The average Bonchev–Trinajstić information content (AvgIpc) is 2.12. The number of nitrogens with zero attached hydrogens (tertiary/aromatic N) is 1. The lowest BCUT2D eigenvalue weighted by Crippen LogP contribution is -2.51. The lowest BCUT2D eigenvalue weighted by atomic mass is 10.2. The summed E-state index contributed by atoms with van der Waals surface area (Å²) >= 11 is 0. The lowest BCUT2D eigenvalue weighted by molar-refractivity contribution is -0.141. The molecule has 2 atom stereocenters. The van der Waals surface area contributed by atoms with E-state index < -0.39 is 24.1 Å². The minimum absolute atomic E-state index is 0.0952.